The Morgan fingerprint density at radius 1 is 1.00 bits per heavy atom. The van der Waals surface area contributed by atoms with Gasteiger partial charge in [-0.25, -0.2) is 4.99 Å². The van der Waals surface area contributed by atoms with Crippen LogP contribution in [-0.4, -0.2) is 18.0 Å². The van der Waals surface area contributed by atoms with E-state index in [1.54, 1.807) is 0 Å². The molecule has 0 radical (unpaired) electrons. The van der Waals surface area contributed by atoms with E-state index in [4.69, 9.17) is 4.74 Å². The van der Waals surface area contributed by atoms with Gasteiger partial charge in [0.05, 0.1) is 5.54 Å². The summed E-state index contributed by atoms with van der Waals surface area (Å²) in [6, 6.07) is 0. The minimum atomic E-state index is 0.00678. The molecule has 0 bridgehead atoms. The zero-order valence-corrected chi connectivity index (χ0v) is 14.9. The molecular formula is C19H37NO. The Morgan fingerprint density at radius 2 is 1.57 bits per heavy atom. The minimum absolute atomic E-state index is 0.00678. The summed E-state index contributed by atoms with van der Waals surface area (Å²) in [4.78, 5) is 4.65. The maximum Gasteiger partial charge on any atom is 0.184 e. The molecule has 0 amide bonds. The third kappa shape index (κ3) is 9.16. The first-order valence-electron chi connectivity index (χ1n) is 9.25. The molecular weight excluding hydrogens is 258 g/mol. The van der Waals surface area contributed by atoms with Gasteiger partial charge < -0.3 is 4.74 Å². The van der Waals surface area contributed by atoms with Crippen molar-refractivity contribution in [3.63, 3.8) is 0 Å². The zero-order chi connectivity index (χ0) is 15.6. The van der Waals surface area contributed by atoms with Gasteiger partial charge in [0.2, 0.25) is 0 Å². The standard InChI is InChI=1S/C19H37NO/c1-5-6-7-8-9-10-11-12-13-14-17(2)15-18-20-19(3,4)16-21-18/h17H,5-16H2,1-4H3. The normalized spacial score (nSPS) is 18.4. The van der Waals surface area contributed by atoms with E-state index in [1.165, 1.54) is 64.2 Å². The van der Waals surface area contributed by atoms with Crippen LogP contribution in [0.1, 0.15) is 98.3 Å². The Bertz CT molecular complexity index is 296. The van der Waals surface area contributed by atoms with Gasteiger partial charge >= 0.3 is 0 Å². The largest absolute Gasteiger partial charge is 0.478 e. The van der Waals surface area contributed by atoms with E-state index < -0.39 is 0 Å². The molecule has 1 aliphatic rings. The summed E-state index contributed by atoms with van der Waals surface area (Å²) in [6.45, 7) is 9.66. The highest BCUT2D eigenvalue weighted by Crippen LogP contribution is 2.22. The predicted molar refractivity (Wildman–Crippen MR) is 93.1 cm³/mol. The van der Waals surface area contributed by atoms with Crippen molar-refractivity contribution in [2.24, 2.45) is 10.9 Å². The van der Waals surface area contributed by atoms with Crippen molar-refractivity contribution in [3.05, 3.63) is 0 Å². The fourth-order valence-electron chi connectivity index (χ4n) is 2.97. The molecule has 1 heterocycles. The number of hydrogen-bond acceptors (Lipinski definition) is 2. The van der Waals surface area contributed by atoms with E-state index in [0.29, 0.717) is 5.92 Å². The Kier molecular flexibility index (Phi) is 9.03. The zero-order valence-electron chi connectivity index (χ0n) is 14.9. The molecule has 0 aromatic carbocycles. The lowest BCUT2D eigenvalue weighted by Gasteiger charge is -2.10. The summed E-state index contributed by atoms with van der Waals surface area (Å²) >= 11 is 0. The smallest absolute Gasteiger partial charge is 0.184 e. The molecule has 1 unspecified atom stereocenters. The third-order valence-corrected chi connectivity index (χ3v) is 4.34. The van der Waals surface area contributed by atoms with E-state index in [1.807, 2.05) is 0 Å². The van der Waals surface area contributed by atoms with Crippen molar-refractivity contribution in [1.29, 1.82) is 0 Å². The van der Waals surface area contributed by atoms with Crippen molar-refractivity contribution >= 4 is 5.90 Å². The van der Waals surface area contributed by atoms with Crippen LogP contribution in [0.5, 0.6) is 0 Å². The number of rotatable bonds is 12. The van der Waals surface area contributed by atoms with Crippen LogP contribution in [0, 0.1) is 5.92 Å². The number of hydrogen-bond donors (Lipinski definition) is 0. The van der Waals surface area contributed by atoms with Crippen LogP contribution < -0.4 is 0 Å². The second kappa shape index (κ2) is 10.2. The summed E-state index contributed by atoms with van der Waals surface area (Å²) in [5.74, 6) is 1.70. The number of nitrogens with zero attached hydrogens (tertiary/aromatic N) is 1. The molecule has 0 spiro atoms. The van der Waals surface area contributed by atoms with Gasteiger partial charge in [-0.05, 0) is 19.8 Å². The highest BCUT2D eigenvalue weighted by Gasteiger charge is 2.26. The maximum absolute atomic E-state index is 5.68. The SMILES string of the molecule is CCCCCCCCCCCC(C)CC1=NC(C)(C)CO1. The second-order valence-electron chi connectivity index (χ2n) is 7.53. The molecule has 1 rings (SSSR count). The summed E-state index contributed by atoms with van der Waals surface area (Å²) in [7, 11) is 0. The lowest BCUT2D eigenvalue weighted by Crippen LogP contribution is -2.17. The molecule has 2 heteroatoms. The molecule has 0 fully saturated rings. The Hall–Kier alpha value is -0.530. The fraction of sp³-hybridized carbons (Fsp3) is 0.947. The van der Waals surface area contributed by atoms with Gasteiger partial charge in [0.15, 0.2) is 5.90 Å². The van der Waals surface area contributed by atoms with Gasteiger partial charge in [0, 0.05) is 6.42 Å². The Labute approximate surface area is 132 Å². The van der Waals surface area contributed by atoms with Crippen LogP contribution in [-0.2, 0) is 4.74 Å². The van der Waals surface area contributed by atoms with E-state index in [-0.39, 0.29) is 5.54 Å². The quantitative estimate of drug-likeness (QED) is 0.396. The van der Waals surface area contributed by atoms with Gasteiger partial charge in [0.1, 0.15) is 6.61 Å². The third-order valence-electron chi connectivity index (χ3n) is 4.34. The van der Waals surface area contributed by atoms with Crippen LogP contribution in [0.4, 0.5) is 0 Å². The summed E-state index contributed by atoms with van der Waals surface area (Å²) in [5.41, 5.74) is 0.00678. The highest BCUT2D eigenvalue weighted by molar-refractivity contribution is 5.78. The average molecular weight is 296 g/mol. The molecule has 0 aliphatic carbocycles. The van der Waals surface area contributed by atoms with Gasteiger partial charge in [-0.15, -0.1) is 0 Å². The van der Waals surface area contributed by atoms with Crippen molar-refractivity contribution < 1.29 is 4.74 Å². The van der Waals surface area contributed by atoms with Crippen LogP contribution in [0.15, 0.2) is 4.99 Å². The highest BCUT2D eigenvalue weighted by atomic mass is 16.5. The molecule has 0 saturated carbocycles. The molecule has 2 nitrogen and oxygen atoms in total. The fourth-order valence-corrected chi connectivity index (χ4v) is 2.97. The van der Waals surface area contributed by atoms with Gasteiger partial charge in [-0.2, -0.15) is 0 Å². The monoisotopic (exact) mass is 295 g/mol. The van der Waals surface area contributed by atoms with Crippen LogP contribution in [0.2, 0.25) is 0 Å². The first kappa shape index (κ1) is 18.5. The van der Waals surface area contributed by atoms with Crippen molar-refractivity contribution in [2.75, 3.05) is 6.61 Å². The lowest BCUT2D eigenvalue weighted by atomic mass is 9.98. The maximum atomic E-state index is 5.68. The van der Waals surface area contributed by atoms with Crippen LogP contribution >= 0.6 is 0 Å². The van der Waals surface area contributed by atoms with Crippen LogP contribution in [0.25, 0.3) is 0 Å². The van der Waals surface area contributed by atoms with Crippen molar-refractivity contribution in [2.45, 2.75) is 104 Å². The van der Waals surface area contributed by atoms with E-state index in [0.717, 1.165) is 18.9 Å². The second-order valence-corrected chi connectivity index (χ2v) is 7.53. The molecule has 21 heavy (non-hydrogen) atoms. The Morgan fingerprint density at radius 3 is 2.10 bits per heavy atom. The molecule has 124 valence electrons. The van der Waals surface area contributed by atoms with Gasteiger partial charge in [-0.3, -0.25) is 0 Å². The van der Waals surface area contributed by atoms with Crippen LogP contribution in [0.3, 0.4) is 0 Å². The van der Waals surface area contributed by atoms with Crippen molar-refractivity contribution in [3.8, 4) is 0 Å². The summed E-state index contributed by atoms with van der Waals surface area (Å²) in [6.07, 6.45) is 15.1. The van der Waals surface area contributed by atoms with E-state index in [9.17, 15) is 0 Å². The lowest BCUT2D eigenvalue weighted by molar-refractivity contribution is 0.269. The summed E-state index contributed by atoms with van der Waals surface area (Å²) in [5, 5.41) is 0. The van der Waals surface area contributed by atoms with Gasteiger partial charge in [0.25, 0.3) is 0 Å². The Balaban J connectivity index is 1.93. The summed E-state index contributed by atoms with van der Waals surface area (Å²) < 4.78 is 5.68. The molecule has 0 aromatic rings. The molecule has 1 aliphatic heterocycles. The predicted octanol–water partition coefficient (Wildman–Crippen LogP) is 6.14. The number of aliphatic imine (C=N–C) groups is 1. The number of unbranched alkanes of at least 4 members (excludes halogenated alkanes) is 8. The topological polar surface area (TPSA) is 21.6 Å². The molecule has 1 atom stereocenters. The first-order chi connectivity index (χ1) is 10.0. The molecule has 0 saturated heterocycles. The molecule has 0 N–H and O–H groups in total. The first-order valence-corrected chi connectivity index (χ1v) is 9.25. The average Bonchev–Trinajstić information content (AvgIpc) is 2.76. The minimum Gasteiger partial charge on any atom is -0.478 e. The molecule has 0 aromatic heterocycles. The number of ether oxygens (including phenoxy) is 1. The van der Waals surface area contributed by atoms with Crippen molar-refractivity contribution in [1.82, 2.24) is 0 Å². The van der Waals surface area contributed by atoms with E-state index >= 15 is 0 Å². The van der Waals surface area contributed by atoms with E-state index in [2.05, 4.69) is 32.7 Å². The van der Waals surface area contributed by atoms with Gasteiger partial charge in [-0.1, -0.05) is 78.1 Å².